The van der Waals surface area contributed by atoms with Gasteiger partial charge in [0.15, 0.2) is 0 Å². The van der Waals surface area contributed by atoms with Gasteiger partial charge in [0.05, 0.1) is 13.2 Å². The van der Waals surface area contributed by atoms with Crippen molar-refractivity contribution in [1.82, 2.24) is 10.2 Å². The number of carbonyl (C=O) groups is 1. The van der Waals surface area contributed by atoms with Gasteiger partial charge in [0.25, 0.3) is 5.91 Å². The van der Waals surface area contributed by atoms with Gasteiger partial charge in [0, 0.05) is 30.8 Å². The Morgan fingerprint density at radius 3 is 2.47 bits per heavy atom. The highest BCUT2D eigenvalue weighted by Gasteiger charge is 2.17. The third-order valence-corrected chi connectivity index (χ3v) is 5.79. The average Bonchev–Trinajstić information content (AvgIpc) is 2.79. The quantitative estimate of drug-likeness (QED) is 0.650. The van der Waals surface area contributed by atoms with Crippen LogP contribution in [0.2, 0.25) is 0 Å². The van der Waals surface area contributed by atoms with Crippen LogP contribution in [0.5, 0.6) is 5.75 Å². The van der Waals surface area contributed by atoms with Crippen LogP contribution in [0.3, 0.4) is 0 Å². The highest BCUT2D eigenvalue weighted by Crippen LogP contribution is 2.25. The fourth-order valence-corrected chi connectivity index (χ4v) is 4.09. The van der Waals surface area contributed by atoms with Crippen molar-refractivity contribution < 1.29 is 9.53 Å². The molecule has 3 aromatic carbocycles. The average molecular weight is 401 g/mol. The number of rotatable bonds is 6. The molecule has 4 rings (SSSR count). The van der Waals surface area contributed by atoms with E-state index in [0.717, 1.165) is 37.4 Å². The lowest BCUT2D eigenvalue weighted by Crippen LogP contribution is -2.30. The zero-order valence-corrected chi connectivity index (χ0v) is 17.6. The Balaban J connectivity index is 1.37. The van der Waals surface area contributed by atoms with Crippen LogP contribution in [-0.2, 0) is 19.5 Å². The number of carbonyl (C=O) groups excluding carboxylic acids is 1. The van der Waals surface area contributed by atoms with Gasteiger partial charge >= 0.3 is 0 Å². The van der Waals surface area contributed by atoms with E-state index < -0.39 is 0 Å². The van der Waals surface area contributed by atoms with Gasteiger partial charge in [-0.1, -0.05) is 54.6 Å². The first-order valence-electron chi connectivity index (χ1n) is 10.5. The van der Waals surface area contributed by atoms with Crippen molar-refractivity contribution in [3.8, 4) is 5.75 Å². The van der Waals surface area contributed by atoms with Crippen LogP contribution in [0.1, 0.15) is 45.6 Å². The van der Waals surface area contributed by atoms with Crippen LogP contribution >= 0.6 is 0 Å². The number of methoxy groups -OCH3 is 1. The van der Waals surface area contributed by atoms with Crippen molar-refractivity contribution in [3.05, 3.63) is 101 Å². The van der Waals surface area contributed by atoms with Gasteiger partial charge in [-0.05, 0) is 48.2 Å². The molecule has 30 heavy (non-hydrogen) atoms. The third kappa shape index (κ3) is 4.55. The molecule has 1 heterocycles. The van der Waals surface area contributed by atoms with Crippen LogP contribution < -0.4 is 10.1 Å². The molecule has 0 aromatic heterocycles. The molecule has 1 atom stereocenters. The first-order valence-corrected chi connectivity index (χ1v) is 10.5. The minimum atomic E-state index is -0.137. The highest BCUT2D eigenvalue weighted by atomic mass is 16.5. The zero-order chi connectivity index (χ0) is 20.9. The Bertz CT molecular complexity index is 1010. The second-order valence-corrected chi connectivity index (χ2v) is 7.86. The summed E-state index contributed by atoms with van der Waals surface area (Å²) in [6.07, 6.45) is 1.09. The fourth-order valence-electron chi connectivity index (χ4n) is 4.09. The first-order chi connectivity index (χ1) is 14.6. The number of amides is 1. The lowest BCUT2D eigenvalue weighted by atomic mass is 9.99. The molecule has 4 nitrogen and oxygen atoms in total. The minimum absolute atomic E-state index is 0.0770. The topological polar surface area (TPSA) is 41.6 Å². The Kier molecular flexibility index (Phi) is 6.15. The van der Waals surface area contributed by atoms with Crippen molar-refractivity contribution in [1.29, 1.82) is 0 Å². The molecule has 0 spiro atoms. The number of para-hydroxylation sites is 1. The molecule has 154 valence electrons. The molecule has 0 saturated carbocycles. The van der Waals surface area contributed by atoms with Gasteiger partial charge in [-0.2, -0.15) is 0 Å². The van der Waals surface area contributed by atoms with Gasteiger partial charge in [-0.25, -0.2) is 0 Å². The standard InChI is InChI=1S/C26H28N2O2/c1-19(24-9-5-6-10-25(24)30-2)27-26(29)22-13-11-20(12-14-22)17-28-16-15-21-7-3-4-8-23(21)18-28/h3-14,19H,15-18H2,1-2H3,(H,27,29)/t19-/m0/s1. The monoisotopic (exact) mass is 400 g/mol. The molecule has 3 aromatic rings. The smallest absolute Gasteiger partial charge is 0.251 e. The molecule has 0 fully saturated rings. The molecule has 1 aliphatic rings. The van der Waals surface area contributed by atoms with E-state index in [4.69, 9.17) is 4.74 Å². The maximum Gasteiger partial charge on any atom is 0.251 e. The molecule has 0 bridgehead atoms. The summed E-state index contributed by atoms with van der Waals surface area (Å²) in [5.74, 6) is 0.704. The van der Waals surface area contributed by atoms with E-state index in [2.05, 4.69) is 46.6 Å². The van der Waals surface area contributed by atoms with Crippen molar-refractivity contribution in [3.63, 3.8) is 0 Å². The lowest BCUT2D eigenvalue weighted by Gasteiger charge is -2.28. The molecule has 0 radical (unpaired) electrons. The predicted octanol–water partition coefficient (Wildman–Crippen LogP) is 4.74. The molecule has 4 heteroatoms. The van der Waals surface area contributed by atoms with Gasteiger partial charge in [0.2, 0.25) is 0 Å². The molecular weight excluding hydrogens is 372 g/mol. The Hall–Kier alpha value is -3.11. The number of nitrogens with one attached hydrogen (secondary N) is 1. The van der Waals surface area contributed by atoms with Crippen LogP contribution in [0.25, 0.3) is 0 Å². The number of ether oxygens (including phenoxy) is 1. The molecule has 1 N–H and O–H groups in total. The van der Waals surface area contributed by atoms with Gasteiger partial charge < -0.3 is 10.1 Å². The fraction of sp³-hybridized carbons (Fsp3) is 0.269. The summed E-state index contributed by atoms with van der Waals surface area (Å²) in [5, 5.41) is 3.07. The maximum absolute atomic E-state index is 12.7. The first kappa shape index (κ1) is 20.2. The Morgan fingerprint density at radius 1 is 1.00 bits per heavy atom. The lowest BCUT2D eigenvalue weighted by molar-refractivity contribution is 0.0939. The van der Waals surface area contributed by atoms with E-state index in [0.29, 0.717) is 5.56 Å². The third-order valence-electron chi connectivity index (χ3n) is 5.79. The highest BCUT2D eigenvalue weighted by molar-refractivity contribution is 5.94. The number of hydrogen-bond donors (Lipinski definition) is 1. The van der Waals surface area contributed by atoms with Crippen LogP contribution in [0.15, 0.2) is 72.8 Å². The SMILES string of the molecule is COc1ccccc1[C@H](C)NC(=O)c1ccc(CN2CCc3ccccc3C2)cc1. The van der Waals surface area contributed by atoms with E-state index in [1.807, 2.05) is 43.3 Å². The van der Waals surface area contributed by atoms with Crippen molar-refractivity contribution in [2.45, 2.75) is 32.5 Å². The number of benzene rings is 3. The zero-order valence-electron chi connectivity index (χ0n) is 17.6. The van der Waals surface area contributed by atoms with Gasteiger partial charge in [-0.3, -0.25) is 9.69 Å². The molecule has 1 amide bonds. The summed E-state index contributed by atoms with van der Waals surface area (Å²) in [7, 11) is 1.65. The van der Waals surface area contributed by atoms with Gasteiger partial charge in [-0.15, -0.1) is 0 Å². The van der Waals surface area contributed by atoms with Crippen molar-refractivity contribution >= 4 is 5.91 Å². The van der Waals surface area contributed by atoms with E-state index in [1.54, 1.807) is 7.11 Å². The van der Waals surface area contributed by atoms with Crippen molar-refractivity contribution in [2.75, 3.05) is 13.7 Å². The van der Waals surface area contributed by atoms with E-state index in [-0.39, 0.29) is 11.9 Å². The van der Waals surface area contributed by atoms with E-state index in [9.17, 15) is 4.79 Å². The van der Waals surface area contributed by atoms with E-state index >= 15 is 0 Å². The molecule has 1 aliphatic heterocycles. The molecule has 0 aliphatic carbocycles. The number of fused-ring (bicyclic) bond motifs is 1. The molecule has 0 unspecified atom stereocenters. The summed E-state index contributed by atoms with van der Waals surface area (Å²) in [6, 6.07) is 24.3. The van der Waals surface area contributed by atoms with Crippen molar-refractivity contribution in [2.24, 2.45) is 0 Å². The number of nitrogens with zero attached hydrogens (tertiary/aromatic N) is 1. The summed E-state index contributed by atoms with van der Waals surface area (Å²) in [6.45, 7) is 4.91. The largest absolute Gasteiger partial charge is 0.496 e. The normalized spacial score (nSPS) is 14.6. The summed E-state index contributed by atoms with van der Waals surface area (Å²) in [5.41, 5.74) is 5.75. The van der Waals surface area contributed by atoms with E-state index in [1.165, 1.54) is 16.7 Å². The maximum atomic E-state index is 12.7. The van der Waals surface area contributed by atoms with Crippen LogP contribution in [0, 0.1) is 0 Å². The summed E-state index contributed by atoms with van der Waals surface area (Å²) < 4.78 is 5.41. The summed E-state index contributed by atoms with van der Waals surface area (Å²) in [4.78, 5) is 15.2. The predicted molar refractivity (Wildman–Crippen MR) is 120 cm³/mol. The van der Waals surface area contributed by atoms with Crippen LogP contribution in [-0.4, -0.2) is 24.5 Å². The molecular formula is C26H28N2O2. The summed E-state index contributed by atoms with van der Waals surface area (Å²) >= 11 is 0. The van der Waals surface area contributed by atoms with Crippen LogP contribution in [0.4, 0.5) is 0 Å². The minimum Gasteiger partial charge on any atom is -0.496 e. The van der Waals surface area contributed by atoms with Gasteiger partial charge in [0.1, 0.15) is 5.75 Å². The Labute approximate surface area is 178 Å². The Morgan fingerprint density at radius 2 is 1.70 bits per heavy atom. The molecule has 0 saturated heterocycles. The number of hydrogen-bond acceptors (Lipinski definition) is 3. The second-order valence-electron chi connectivity index (χ2n) is 7.86. The second kappa shape index (κ2) is 9.14.